The van der Waals surface area contributed by atoms with Gasteiger partial charge in [0.1, 0.15) is 0 Å². The molecule has 1 fully saturated rings. The molecule has 2 aromatic carbocycles. The molecule has 1 atom stereocenters. The Morgan fingerprint density at radius 2 is 1.92 bits per heavy atom. The lowest BCUT2D eigenvalue weighted by Crippen LogP contribution is -2.41. The van der Waals surface area contributed by atoms with Crippen LogP contribution in [0.25, 0.3) is 0 Å². The van der Waals surface area contributed by atoms with Gasteiger partial charge in [-0.15, -0.1) is 5.48 Å². The topological polar surface area (TPSA) is 109 Å². The summed E-state index contributed by atoms with van der Waals surface area (Å²) in [7, 11) is -3.95. The average molecular weight is 396 g/mol. The van der Waals surface area contributed by atoms with Gasteiger partial charge in [-0.25, -0.2) is 8.42 Å². The second-order valence-electron chi connectivity index (χ2n) is 5.47. The molecule has 0 aromatic heterocycles. The maximum absolute atomic E-state index is 12.9. The first kappa shape index (κ1) is 17.1. The van der Waals surface area contributed by atoms with Crippen molar-refractivity contribution in [1.29, 1.82) is 0 Å². The standard InChI is InChI=1S/C15H14ClN5O4S/c1-10-12(16)8-5-9-13(10)21-17-14(25-19-21)20(15-18-24-15)26(22,23)11-6-3-2-4-7-11/h2-9,15,18-19H,1H3. The number of anilines is 1. The van der Waals surface area contributed by atoms with E-state index in [0.717, 1.165) is 9.87 Å². The van der Waals surface area contributed by atoms with Crippen molar-refractivity contribution >= 4 is 33.3 Å². The largest absolute Gasteiger partial charge is 0.350 e. The van der Waals surface area contributed by atoms with E-state index in [9.17, 15) is 8.42 Å². The Bertz CT molecular complexity index is 965. The van der Waals surface area contributed by atoms with Gasteiger partial charge in [0.05, 0.1) is 10.6 Å². The molecule has 26 heavy (non-hydrogen) atoms. The number of hydrazine groups is 1. The summed E-state index contributed by atoms with van der Waals surface area (Å²) >= 11 is 6.12. The van der Waals surface area contributed by atoms with Crippen molar-refractivity contribution in [3.63, 3.8) is 0 Å². The highest BCUT2D eigenvalue weighted by molar-refractivity contribution is 7.89. The molecule has 11 heteroatoms. The molecule has 0 saturated carbocycles. The number of nitrogens with one attached hydrogen (secondary N) is 2. The van der Waals surface area contributed by atoms with Crippen LogP contribution in [0.15, 0.2) is 58.5 Å². The summed E-state index contributed by atoms with van der Waals surface area (Å²) in [5.41, 5.74) is 6.42. The van der Waals surface area contributed by atoms with Crippen LogP contribution in [0.1, 0.15) is 5.56 Å². The summed E-state index contributed by atoms with van der Waals surface area (Å²) in [5.74, 6) is 0. The molecular formula is C15H14ClN5O4S. The SMILES string of the molecule is Cc1c(Cl)cccc1N1N=C(N(C2NO2)S(=O)(=O)c2ccccc2)ON1. The number of hydrazone groups is 1. The van der Waals surface area contributed by atoms with Gasteiger partial charge in [0.25, 0.3) is 10.0 Å². The Balaban J connectivity index is 1.70. The van der Waals surface area contributed by atoms with Crippen molar-refractivity contribution in [3.8, 4) is 0 Å². The summed E-state index contributed by atoms with van der Waals surface area (Å²) in [4.78, 5) is 10.3. The van der Waals surface area contributed by atoms with Crippen molar-refractivity contribution in [3.05, 3.63) is 59.1 Å². The molecule has 2 aliphatic rings. The van der Waals surface area contributed by atoms with Gasteiger partial charge in [-0.2, -0.15) is 9.42 Å². The minimum absolute atomic E-state index is 0.0842. The lowest BCUT2D eigenvalue weighted by molar-refractivity contribution is 0.170. The average Bonchev–Trinajstić information content (AvgIpc) is 3.35. The fourth-order valence-electron chi connectivity index (χ4n) is 2.39. The molecule has 0 amide bonds. The van der Waals surface area contributed by atoms with Crippen LogP contribution in [0.3, 0.4) is 0 Å². The number of hydrogen-bond acceptors (Lipinski definition) is 8. The van der Waals surface area contributed by atoms with E-state index in [1.165, 1.54) is 17.3 Å². The quantitative estimate of drug-likeness (QED) is 0.758. The van der Waals surface area contributed by atoms with E-state index in [2.05, 4.69) is 16.2 Å². The Hall–Kier alpha value is -2.37. The molecule has 0 spiro atoms. The van der Waals surface area contributed by atoms with Crippen LogP contribution < -0.4 is 16.2 Å². The van der Waals surface area contributed by atoms with E-state index in [1.807, 2.05) is 6.92 Å². The molecule has 2 aromatic rings. The molecule has 1 unspecified atom stereocenters. The minimum Gasteiger partial charge on any atom is -0.346 e. The first-order chi connectivity index (χ1) is 12.5. The van der Waals surface area contributed by atoms with E-state index in [0.29, 0.717) is 10.7 Å². The van der Waals surface area contributed by atoms with E-state index in [-0.39, 0.29) is 10.9 Å². The Morgan fingerprint density at radius 3 is 2.62 bits per heavy atom. The number of amidine groups is 1. The van der Waals surface area contributed by atoms with Crippen molar-refractivity contribution in [2.45, 2.75) is 18.2 Å². The maximum Gasteiger partial charge on any atom is 0.350 e. The third-order valence-electron chi connectivity index (χ3n) is 3.80. The summed E-state index contributed by atoms with van der Waals surface area (Å²) < 4.78 is 26.8. The van der Waals surface area contributed by atoms with Crippen molar-refractivity contribution in [2.24, 2.45) is 5.10 Å². The molecule has 136 valence electrons. The fourth-order valence-corrected chi connectivity index (χ4v) is 3.90. The predicted molar refractivity (Wildman–Crippen MR) is 93.8 cm³/mol. The second-order valence-corrected chi connectivity index (χ2v) is 7.70. The van der Waals surface area contributed by atoms with E-state index in [4.69, 9.17) is 21.3 Å². The lowest BCUT2D eigenvalue weighted by Gasteiger charge is -2.18. The number of benzene rings is 2. The molecule has 2 heterocycles. The van der Waals surface area contributed by atoms with E-state index >= 15 is 0 Å². The smallest absolute Gasteiger partial charge is 0.346 e. The zero-order chi connectivity index (χ0) is 18.3. The Morgan fingerprint density at radius 1 is 1.19 bits per heavy atom. The highest BCUT2D eigenvalue weighted by atomic mass is 35.5. The van der Waals surface area contributed by atoms with Gasteiger partial charge < -0.3 is 4.84 Å². The second kappa shape index (κ2) is 6.41. The van der Waals surface area contributed by atoms with Gasteiger partial charge in [0, 0.05) is 5.02 Å². The van der Waals surface area contributed by atoms with Crippen molar-refractivity contribution < 1.29 is 18.1 Å². The van der Waals surface area contributed by atoms with Gasteiger partial charge in [-0.05, 0) is 42.3 Å². The Kier molecular flexibility index (Phi) is 4.21. The van der Waals surface area contributed by atoms with Gasteiger partial charge in [0.2, 0.25) is 6.35 Å². The van der Waals surface area contributed by atoms with Gasteiger partial charge in [0.15, 0.2) is 0 Å². The van der Waals surface area contributed by atoms with Crippen LogP contribution in [-0.2, 0) is 19.7 Å². The van der Waals surface area contributed by atoms with Crippen molar-refractivity contribution in [2.75, 3.05) is 5.12 Å². The van der Waals surface area contributed by atoms with Crippen LogP contribution in [0.4, 0.5) is 5.69 Å². The molecule has 2 N–H and O–H groups in total. The molecule has 2 aliphatic heterocycles. The molecule has 1 saturated heterocycles. The normalized spacial score (nSPS) is 19.1. The molecule has 0 radical (unpaired) electrons. The van der Waals surface area contributed by atoms with Gasteiger partial charge in [-0.1, -0.05) is 41.0 Å². The van der Waals surface area contributed by atoms with E-state index in [1.54, 1.807) is 36.4 Å². The van der Waals surface area contributed by atoms with Gasteiger partial charge >= 0.3 is 6.02 Å². The number of rotatable bonds is 4. The zero-order valence-electron chi connectivity index (χ0n) is 13.5. The molecular weight excluding hydrogens is 382 g/mol. The van der Waals surface area contributed by atoms with Gasteiger partial charge in [-0.3, -0.25) is 4.84 Å². The molecule has 0 aliphatic carbocycles. The first-order valence-electron chi connectivity index (χ1n) is 7.55. The number of sulfonamides is 1. The van der Waals surface area contributed by atoms with Crippen LogP contribution >= 0.6 is 11.6 Å². The van der Waals surface area contributed by atoms with Crippen LogP contribution in [-0.4, -0.2) is 25.1 Å². The molecule has 4 rings (SSSR count). The van der Waals surface area contributed by atoms with Crippen LogP contribution in [0.2, 0.25) is 5.02 Å². The lowest BCUT2D eigenvalue weighted by atomic mass is 10.2. The zero-order valence-corrected chi connectivity index (χ0v) is 15.0. The predicted octanol–water partition coefficient (Wildman–Crippen LogP) is 1.68. The molecule has 0 bridgehead atoms. The Labute approximate surface area is 154 Å². The monoisotopic (exact) mass is 395 g/mol. The minimum atomic E-state index is -3.95. The van der Waals surface area contributed by atoms with Crippen molar-refractivity contribution in [1.82, 2.24) is 15.4 Å². The first-order valence-corrected chi connectivity index (χ1v) is 9.37. The van der Waals surface area contributed by atoms with Crippen LogP contribution in [0, 0.1) is 6.92 Å². The number of hydrogen-bond donors (Lipinski definition) is 2. The third kappa shape index (κ3) is 2.97. The maximum atomic E-state index is 12.9. The number of nitrogens with zero attached hydrogens (tertiary/aromatic N) is 3. The third-order valence-corrected chi connectivity index (χ3v) is 5.94. The summed E-state index contributed by atoms with van der Waals surface area (Å²) in [5, 5.41) is 6.05. The number of halogens is 1. The summed E-state index contributed by atoms with van der Waals surface area (Å²) in [6, 6.07) is 13.0. The summed E-state index contributed by atoms with van der Waals surface area (Å²) in [6.45, 7) is 1.82. The highest BCUT2D eigenvalue weighted by Crippen LogP contribution is 2.29. The van der Waals surface area contributed by atoms with Crippen LogP contribution in [0.5, 0.6) is 0 Å². The fraction of sp³-hybridized carbons (Fsp3) is 0.133. The number of hydroxylamine groups is 1. The highest BCUT2D eigenvalue weighted by Gasteiger charge is 2.45. The van der Waals surface area contributed by atoms with E-state index < -0.39 is 16.4 Å². The molecule has 9 nitrogen and oxygen atoms in total. The summed E-state index contributed by atoms with van der Waals surface area (Å²) in [6.07, 6.45) is -0.902.